The van der Waals surface area contributed by atoms with Crippen LogP contribution in [0.5, 0.6) is 0 Å². The third-order valence-corrected chi connectivity index (χ3v) is 3.09. The molecule has 0 spiro atoms. The molecule has 2 saturated carbocycles. The van der Waals surface area contributed by atoms with Gasteiger partial charge in [-0.3, -0.25) is 14.4 Å². The molecule has 3 N–H and O–H groups in total. The van der Waals surface area contributed by atoms with Gasteiger partial charge < -0.3 is 10.8 Å². The lowest BCUT2D eigenvalue weighted by molar-refractivity contribution is -0.155. The van der Waals surface area contributed by atoms with Gasteiger partial charge in [-0.25, -0.2) is 0 Å². The van der Waals surface area contributed by atoms with E-state index >= 15 is 0 Å². The number of ketones is 3. The molecule has 2 aliphatic carbocycles. The summed E-state index contributed by atoms with van der Waals surface area (Å²) >= 11 is 0. The van der Waals surface area contributed by atoms with Crippen molar-refractivity contribution in [2.45, 2.75) is 25.0 Å². The highest BCUT2D eigenvalue weighted by Crippen LogP contribution is 2.33. The van der Waals surface area contributed by atoms with E-state index in [9.17, 15) is 19.5 Å². The molecule has 2 atom stereocenters. The van der Waals surface area contributed by atoms with E-state index in [4.69, 9.17) is 5.73 Å². The molecule has 76 valence electrons. The average Bonchev–Trinajstić information content (AvgIpc) is 2.16. The van der Waals surface area contributed by atoms with Gasteiger partial charge in [-0.1, -0.05) is 0 Å². The first-order valence-corrected chi connectivity index (χ1v) is 4.55. The molecule has 2 unspecified atom stereocenters. The summed E-state index contributed by atoms with van der Waals surface area (Å²) in [5, 5.41) is 9.29. The Hall–Kier alpha value is -1.07. The van der Waals surface area contributed by atoms with Crippen molar-refractivity contribution in [3.63, 3.8) is 0 Å². The van der Waals surface area contributed by atoms with E-state index in [1.165, 1.54) is 0 Å². The van der Waals surface area contributed by atoms with E-state index in [1.807, 2.05) is 0 Å². The molecule has 14 heavy (non-hydrogen) atoms. The fourth-order valence-corrected chi connectivity index (χ4v) is 2.25. The molecular formula is C9H11NO4. The van der Waals surface area contributed by atoms with Crippen LogP contribution in [0.2, 0.25) is 0 Å². The summed E-state index contributed by atoms with van der Waals surface area (Å²) in [7, 11) is 0. The number of fused-ring (bicyclic) bond motifs is 2. The molecule has 2 bridgehead atoms. The van der Waals surface area contributed by atoms with Crippen LogP contribution in [0.1, 0.15) is 12.8 Å². The van der Waals surface area contributed by atoms with Crippen molar-refractivity contribution in [3.05, 3.63) is 0 Å². The Morgan fingerprint density at radius 1 is 1.07 bits per heavy atom. The molecule has 2 rings (SSSR count). The fourth-order valence-electron chi connectivity index (χ4n) is 2.25. The largest absolute Gasteiger partial charge is 0.378 e. The van der Waals surface area contributed by atoms with Crippen LogP contribution in [0.15, 0.2) is 0 Å². The maximum Gasteiger partial charge on any atom is 0.173 e. The minimum atomic E-state index is -1.56. The SMILES string of the molecule is NC1C2CC(=O)CC1C(=O)C(O)C2=O. The van der Waals surface area contributed by atoms with Crippen LogP contribution in [0.25, 0.3) is 0 Å². The van der Waals surface area contributed by atoms with Crippen molar-refractivity contribution >= 4 is 17.3 Å². The number of aliphatic hydroxyl groups excluding tert-OH is 1. The number of rotatable bonds is 0. The maximum absolute atomic E-state index is 11.4. The van der Waals surface area contributed by atoms with Crippen molar-refractivity contribution < 1.29 is 19.5 Å². The maximum atomic E-state index is 11.4. The molecule has 0 saturated heterocycles. The van der Waals surface area contributed by atoms with Gasteiger partial charge in [0, 0.05) is 30.7 Å². The predicted molar refractivity (Wildman–Crippen MR) is 45.2 cm³/mol. The quantitative estimate of drug-likeness (QED) is 0.457. The van der Waals surface area contributed by atoms with Crippen molar-refractivity contribution in [2.75, 3.05) is 0 Å². The third-order valence-electron chi connectivity index (χ3n) is 3.09. The monoisotopic (exact) mass is 197 g/mol. The molecule has 5 heteroatoms. The number of carbonyl (C=O) groups excluding carboxylic acids is 3. The standard InChI is InChI=1S/C9H11NO4/c10-6-4-1-3(11)2-5(6)8(13)9(14)7(4)12/h4-6,9,14H,1-2,10H2. The lowest BCUT2D eigenvalue weighted by Gasteiger charge is -2.39. The molecule has 2 fully saturated rings. The predicted octanol–water partition coefficient (Wildman–Crippen LogP) is -1.58. The molecule has 0 heterocycles. The van der Waals surface area contributed by atoms with Crippen molar-refractivity contribution in [3.8, 4) is 0 Å². The number of Topliss-reactive ketones (excluding diaryl/α,β-unsaturated/α-hetero) is 3. The highest BCUT2D eigenvalue weighted by Gasteiger charge is 2.51. The Morgan fingerprint density at radius 2 is 1.50 bits per heavy atom. The minimum Gasteiger partial charge on any atom is -0.378 e. The summed E-state index contributed by atoms with van der Waals surface area (Å²) in [6, 6.07) is -0.587. The van der Waals surface area contributed by atoms with E-state index in [2.05, 4.69) is 0 Å². The van der Waals surface area contributed by atoms with Crippen LogP contribution in [0, 0.1) is 11.8 Å². The summed E-state index contributed by atoms with van der Waals surface area (Å²) in [5.41, 5.74) is 5.68. The first-order chi connectivity index (χ1) is 6.52. The van der Waals surface area contributed by atoms with E-state index in [0.29, 0.717) is 0 Å². The highest BCUT2D eigenvalue weighted by molar-refractivity contribution is 6.13. The van der Waals surface area contributed by atoms with Gasteiger partial charge in [0.05, 0.1) is 0 Å². The van der Waals surface area contributed by atoms with Gasteiger partial charge in [0.2, 0.25) is 0 Å². The summed E-state index contributed by atoms with van der Waals surface area (Å²) < 4.78 is 0. The van der Waals surface area contributed by atoms with E-state index < -0.39 is 35.5 Å². The Balaban J connectivity index is 2.37. The van der Waals surface area contributed by atoms with Crippen molar-refractivity contribution in [1.82, 2.24) is 0 Å². The normalized spacial score (nSPS) is 42.9. The van der Waals surface area contributed by atoms with Gasteiger partial charge in [0.15, 0.2) is 17.7 Å². The van der Waals surface area contributed by atoms with Gasteiger partial charge in [-0.15, -0.1) is 0 Å². The lowest BCUT2D eigenvalue weighted by atomic mass is 9.66. The van der Waals surface area contributed by atoms with Crippen LogP contribution < -0.4 is 5.73 Å². The molecule has 0 radical (unpaired) electrons. The Morgan fingerprint density at radius 3 is 1.93 bits per heavy atom. The molecule has 2 aliphatic rings. The van der Waals surface area contributed by atoms with Gasteiger partial charge in [0.25, 0.3) is 0 Å². The zero-order valence-corrected chi connectivity index (χ0v) is 7.47. The number of nitrogens with two attached hydrogens (primary N) is 1. The first kappa shape index (κ1) is 9.48. The lowest BCUT2D eigenvalue weighted by Crippen LogP contribution is -2.60. The zero-order chi connectivity index (χ0) is 10.5. The van der Waals surface area contributed by atoms with Crippen LogP contribution in [-0.2, 0) is 14.4 Å². The van der Waals surface area contributed by atoms with Crippen LogP contribution in [-0.4, -0.2) is 34.6 Å². The zero-order valence-electron chi connectivity index (χ0n) is 7.47. The second kappa shape index (κ2) is 2.96. The topological polar surface area (TPSA) is 97.5 Å². The summed E-state index contributed by atoms with van der Waals surface area (Å²) in [4.78, 5) is 34.0. The van der Waals surface area contributed by atoms with Crippen LogP contribution in [0.3, 0.4) is 0 Å². The number of hydrogen-bond acceptors (Lipinski definition) is 5. The second-order valence-electron chi connectivity index (χ2n) is 3.94. The summed E-state index contributed by atoms with van der Waals surface area (Å²) in [5.74, 6) is -2.61. The smallest absolute Gasteiger partial charge is 0.173 e. The molecule has 5 nitrogen and oxygen atoms in total. The van der Waals surface area contributed by atoms with Crippen molar-refractivity contribution in [1.29, 1.82) is 0 Å². The second-order valence-corrected chi connectivity index (χ2v) is 3.94. The van der Waals surface area contributed by atoms with E-state index in [1.54, 1.807) is 0 Å². The molecular weight excluding hydrogens is 186 g/mol. The first-order valence-electron chi connectivity index (χ1n) is 4.55. The van der Waals surface area contributed by atoms with E-state index in [-0.39, 0.29) is 18.6 Å². The Labute approximate surface area is 80.3 Å². The minimum absolute atomic E-state index is 0.0703. The number of aliphatic hydroxyl groups is 1. The van der Waals surface area contributed by atoms with Gasteiger partial charge in [-0.2, -0.15) is 0 Å². The summed E-state index contributed by atoms with van der Waals surface area (Å²) in [6.07, 6.45) is -1.42. The van der Waals surface area contributed by atoms with Gasteiger partial charge >= 0.3 is 0 Å². The highest BCUT2D eigenvalue weighted by atomic mass is 16.3. The number of carbonyl (C=O) groups is 3. The van der Waals surface area contributed by atoms with Crippen molar-refractivity contribution in [2.24, 2.45) is 17.6 Å². The fraction of sp³-hybridized carbons (Fsp3) is 0.667. The van der Waals surface area contributed by atoms with E-state index in [0.717, 1.165) is 0 Å². The summed E-state index contributed by atoms with van der Waals surface area (Å²) in [6.45, 7) is 0. The van der Waals surface area contributed by atoms with Crippen LogP contribution in [0.4, 0.5) is 0 Å². The third kappa shape index (κ3) is 1.13. The Kier molecular flexibility index (Phi) is 2.01. The molecule has 0 aromatic heterocycles. The molecule has 0 aliphatic heterocycles. The van der Waals surface area contributed by atoms with Crippen LogP contribution >= 0.6 is 0 Å². The number of hydrogen-bond donors (Lipinski definition) is 2. The molecule has 0 aromatic rings. The molecule has 0 amide bonds. The Bertz CT molecular complexity index is 297. The van der Waals surface area contributed by atoms with Gasteiger partial charge in [-0.05, 0) is 0 Å². The average molecular weight is 197 g/mol. The van der Waals surface area contributed by atoms with Gasteiger partial charge in [0.1, 0.15) is 5.78 Å². The molecule has 0 aromatic carbocycles.